The Bertz CT molecular complexity index is 992. The Labute approximate surface area is 241 Å². The minimum absolute atomic E-state index is 0.106. The molecule has 4 heteroatoms. The molecule has 0 heterocycles. The number of Topliss-reactive ketones (excluding diaryl/α,β-unsaturated/α-hetero) is 1. The molecule has 3 nitrogen and oxygen atoms in total. The summed E-state index contributed by atoms with van der Waals surface area (Å²) in [5, 5.41) is 0.332. The molecule has 0 saturated heterocycles. The summed E-state index contributed by atoms with van der Waals surface area (Å²) in [5.74, 6) is 0.441. The summed E-state index contributed by atoms with van der Waals surface area (Å²) in [5.41, 5.74) is 3.95. The molecule has 216 valence electrons. The van der Waals surface area contributed by atoms with Crippen molar-refractivity contribution in [2.24, 2.45) is 5.41 Å². The summed E-state index contributed by atoms with van der Waals surface area (Å²) in [6.07, 6.45) is 9.85. The molecule has 0 aliphatic rings. The van der Waals surface area contributed by atoms with E-state index in [0.717, 1.165) is 57.1 Å². The van der Waals surface area contributed by atoms with Crippen LogP contribution in [0.15, 0.2) is 72.3 Å². The molecule has 2 aromatic carbocycles. The lowest BCUT2D eigenvalue weighted by atomic mass is 9.76. The van der Waals surface area contributed by atoms with Crippen molar-refractivity contribution in [3.8, 4) is 0 Å². The van der Waals surface area contributed by atoms with Crippen LogP contribution >= 0.6 is 0 Å². The van der Waals surface area contributed by atoms with E-state index in [1.54, 1.807) is 19.9 Å². The fourth-order valence-electron chi connectivity index (χ4n) is 4.56. The van der Waals surface area contributed by atoms with Gasteiger partial charge in [0.25, 0.3) is 0 Å². The van der Waals surface area contributed by atoms with E-state index in [2.05, 4.69) is 76.7 Å². The average molecular weight is 551 g/mol. The Balaban J connectivity index is 0.000000457. The van der Waals surface area contributed by atoms with Crippen molar-refractivity contribution in [2.75, 3.05) is 6.61 Å². The number of unbranched alkanes of at least 4 members (excludes halogenated alkanes) is 1. The highest BCUT2D eigenvalue weighted by atomic mass is 28.3. The number of benzene rings is 2. The van der Waals surface area contributed by atoms with E-state index >= 15 is 0 Å². The molecule has 0 bridgehead atoms. The lowest BCUT2D eigenvalue weighted by molar-refractivity contribution is -0.119. The summed E-state index contributed by atoms with van der Waals surface area (Å²) in [6.45, 7) is 17.6. The number of carbonyl (C=O) groups excluding carboxylic acids is 2. The monoisotopic (exact) mass is 550 g/mol. The highest BCUT2D eigenvalue weighted by Gasteiger charge is 2.26. The Kier molecular flexibility index (Phi) is 16.1. The number of hydrogen-bond acceptors (Lipinski definition) is 3. The van der Waals surface area contributed by atoms with Gasteiger partial charge in [-0.15, -0.1) is 0 Å². The molecule has 0 spiro atoms. The molecule has 0 radical (unpaired) electrons. The summed E-state index contributed by atoms with van der Waals surface area (Å²) >= 11 is 0. The maximum atomic E-state index is 11.7. The molecule has 0 N–H and O–H groups in total. The highest BCUT2D eigenvalue weighted by Crippen LogP contribution is 2.34. The maximum Gasteiger partial charge on any atom is 0.179 e. The smallest absolute Gasteiger partial charge is 0.179 e. The van der Waals surface area contributed by atoms with Gasteiger partial charge in [0, 0.05) is 13.0 Å². The second-order valence-corrected chi connectivity index (χ2v) is 15.9. The molecule has 0 fully saturated rings. The average Bonchev–Trinajstić information content (AvgIpc) is 2.86. The Hall–Kier alpha value is -2.30. The zero-order valence-electron chi connectivity index (χ0n) is 26.0. The first-order valence-electron chi connectivity index (χ1n) is 14.7. The first kappa shape index (κ1) is 34.7. The summed E-state index contributed by atoms with van der Waals surface area (Å²) < 4.78 is 6.10. The third-order valence-corrected chi connectivity index (χ3v) is 10.6. The number of allylic oxidation sites excluding steroid dienone is 2. The van der Waals surface area contributed by atoms with E-state index in [4.69, 9.17) is 4.43 Å². The van der Waals surface area contributed by atoms with Gasteiger partial charge in [-0.1, -0.05) is 100 Å². The van der Waals surface area contributed by atoms with Crippen LogP contribution in [0.25, 0.3) is 0 Å². The standard InChI is InChI=1S/C22H38O2Si.C13H16O/c1-19(23)18-22(5,16-14-20-12-8-7-9-13-20)15-10-11-17-24-25(6)21(2,3)4;1-11(10-12(2)14)8-9-13-6-4-3-5-7-13/h7-9,12-13,25H,10-11,14-18H2,1-6H3;3-7,10H,8-9H2,1-2H3/b;11-10+/t22-,25?;/m0./s1. The van der Waals surface area contributed by atoms with Gasteiger partial charge >= 0.3 is 0 Å². The number of rotatable bonds is 15. The van der Waals surface area contributed by atoms with E-state index in [1.807, 2.05) is 25.1 Å². The normalized spacial score (nSPS) is 14.1. The number of hydrogen-bond donors (Lipinski definition) is 0. The molecule has 2 atom stereocenters. The lowest BCUT2D eigenvalue weighted by Crippen LogP contribution is -2.26. The van der Waals surface area contributed by atoms with Crippen molar-refractivity contribution >= 4 is 20.6 Å². The molecule has 39 heavy (non-hydrogen) atoms. The molecular formula is C35H54O3Si. The van der Waals surface area contributed by atoms with Crippen molar-refractivity contribution < 1.29 is 14.0 Å². The van der Waals surface area contributed by atoms with E-state index in [9.17, 15) is 9.59 Å². The third-order valence-electron chi connectivity index (χ3n) is 7.40. The lowest BCUT2D eigenvalue weighted by Gasteiger charge is -2.29. The predicted molar refractivity (Wildman–Crippen MR) is 170 cm³/mol. The Morgan fingerprint density at radius 3 is 1.82 bits per heavy atom. The highest BCUT2D eigenvalue weighted by molar-refractivity contribution is 6.53. The largest absolute Gasteiger partial charge is 0.420 e. The SMILES string of the molecule is CC(=O)/C=C(\C)CCc1ccccc1.CC(=O)C[C@@](C)(CCCCO[SiH](C)C(C)(C)C)CCc1ccccc1. The van der Waals surface area contributed by atoms with Crippen LogP contribution in [-0.2, 0) is 26.9 Å². The van der Waals surface area contributed by atoms with Crippen LogP contribution in [-0.4, -0.2) is 27.2 Å². The third kappa shape index (κ3) is 17.1. The van der Waals surface area contributed by atoms with Crippen molar-refractivity contribution in [1.82, 2.24) is 0 Å². The van der Waals surface area contributed by atoms with Crippen LogP contribution in [0.2, 0.25) is 11.6 Å². The van der Waals surface area contributed by atoms with E-state index in [0.29, 0.717) is 17.2 Å². The predicted octanol–water partition coefficient (Wildman–Crippen LogP) is 9.10. The van der Waals surface area contributed by atoms with Crippen molar-refractivity contribution in [3.63, 3.8) is 0 Å². The van der Waals surface area contributed by atoms with E-state index < -0.39 is 9.04 Å². The topological polar surface area (TPSA) is 43.4 Å². The number of ketones is 2. The molecule has 0 saturated carbocycles. The van der Waals surface area contributed by atoms with Gasteiger partial charge in [0.1, 0.15) is 5.78 Å². The van der Waals surface area contributed by atoms with Gasteiger partial charge < -0.3 is 9.22 Å². The van der Waals surface area contributed by atoms with Crippen molar-refractivity contribution in [2.45, 2.75) is 111 Å². The molecular weight excluding hydrogens is 496 g/mol. The van der Waals surface area contributed by atoms with E-state index in [1.165, 1.54) is 11.1 Å². The van der Waals surface area contributed by atoms with Crippen molar-refractivity contribution in [3.05, 3.63) is 83.4 Å². The maximum absolute atomic E-state index is 11.7. The van der Waals surface area contributed by atoms with Gasteiger partial charge in [-0.3, -0.25) is 4.79 Å². The second-order valence-electron chi connectivity index (χ2n) is 12.6. The first-order chi connectivity index (χ1) is 18.3. The van der Waals surface area contributed by atoms with Gasteiger partial charge in [0.2, 0.25) is 0 Å². The molecule has 2 aromatic rings. The summed E-state index contributed by atoms with van der Waals surface area (Å²) in [4.78, 5) is 22.5. The van der Waals surface area contributed by atoms with E-state index in [-0.39, 0.29) is 11.2 Å². The molecule has 0 aliphatic heterocycles. The van der Waals surface area contributed by atoms with Gasteiger partial charge in [-0.05, 0) is 93.5 Å². The molecule has 2 rings (SSSR count). The van der Waals surface area contributed by atoms with Gasteiger partial charge in [-0.25, -0.2) is 0 Å². The molecule has 1 unspecified atom stereocenters. The summed E-state index contributed by atoms with van der Waals surface area (Å²) in [7, 11) is -1.11. The van der Waals surface area contributed by atoms with Crippen LogP contribution in [0.5, 0.6) is 0 Å². The quantitative estimate of drug-likeness (QED) is 0.126. The minimum atomic E-state index is -1.11. The summed E-state index contributed by atoms with van der Waals surface area (Å²) in [6, 6.07) is 20.9. The zero-order valence-corrected chi connectivity index (χ0v) is 27.2. The first-order valence-corrected chi connectivity index (χ1v) is 16.9. The van der Waals surface area contributed by atoms with Gasteiger partial charge in [-0.2, -0.15) is 0 Å². The fourth-order valence-corrected chi connectivity index (χ4v) is 5.58. The number of carbonyl (C=O) groups is 2. The second kappa shape index (κ2) is 18.1. The van der Waals surface area contributed by atoms with Crippen LogP contribution < -0.4 is 0 Å². The van der Waals surface area contributed by atoms with Crippen LogP contribution in [0.1, 0.15) is 98.1 Å². The zero-order chi connectivity index (χ0) is 29.3. The molecule has 0 aromatic heterocycles. The minimum Gasteiger partial charge on any atom is -0.420 e. The Morgan fingerprint density at radius 2 is 1.33 bits per heavy atom. The van der Waals surface area contributed by atoms with Crippen LogP contribution in [0.4, 0.5) is 0 Å². The van der Waals surface area contributed by atoms with Crippen LogP contribution in [0.3, 0.4) is 0 Å². The number of aryl methyl sites for hydroxylation is 2. The molecule has 0 aliphatic carbocycles. The molecule has 0 amide bonds. The van der Waals surface area contributed by atoms with Crippen LogP contribution in [0, 0.1) is 5.41 Å². The van der Waals surface area contributed by atoms with Gasteiger partial charge in [0.15, 0.2) is 14.8 Å². The fraction of sp³-hybridized carbons (Fsp3) is 0.543. The van der Waals surface area contributed by atoms with Gasteiger partial charge in [0.05, 0.1) is 0 Å². The Morgan fingerprint density at radius 1 is 0.795 bits per heavy atom. The van der Waals surface area contributed by atoms with Crippen molar-refractivity contribution in [1.29, 1.82) is 0 Å².